The Labute approximate surface area is 165 Å². The average molecular weight is 408 g/mol. The Balaban J connectivity index is 1.69. The highest BCUT2D eigenvalue weighted by Crippen LogP contribution is 2.40. The third-order valence-corrected chi connectivity index (χ3v) is 4.44. The number of benzene rings is 2. The molecule has 154 valence electrons. The van der Waals surface area contributed by atoms with Gasteiger partial charge in [0.2, 0.25) is 0 Å². The topological polar surface area (TPSA) is 71.4 Å². The molecule has 2 aromatic rings. The van der Waals surface area contributed by atoms with E-state index in [9.17, 15) is 23.1 Å². The van der Waals surface area contributed by atoms with Gasteiger partial charge in [0.25, 0.3) is 11.6 Å². The van der Waals surface area contributed by atoms with Gasteiger partial charge in [0.05, 0.1) is 7.11 Å². The number of methoxy groups -OCH3 is 1. The zero-order chi connectivity index (χ0) is 21.2. The Hall–Kier alpha value is -3.07. The molecule has 0 aliphatic carbocycles. The van der Waals surface area contributed by atoms with Crippen molar-refractivity contribution in [2.45, 2.75) is 31.9 Å². The van der Waals surface area contributed by atoms with Gasteiger partial charge in [-0.2, -0.15) is 23.3 Å². The van der Waals surface area contributed by atoms with Crippen molar-refractivity contribution < 1.29 is 32.5 Å². The van der Waals surface area contributed by atoms with E-state index in [2.05, 4.69) is 5.10 Å². The van der Waals surface area contributed by atoms with E-state index in [0.29, 0.717) is 17.1 Å². The highest BCUT2D eigenvalue weighted by atomic mass is 19.4. The molecule has 6 nitrogen and oxygen atoms in total. The minimum absolute atomic E-state index is 0.0164. The second-order valence-corrected chi connectivity index (χ2v) is 6.60. The molecule has 0 bridgehead atoms. The zero-order valence-electron chi connectivity index (χ0n) is 15.7. The summed E-state index contributed by atoms with van der Waals surface area (Å²) in [5.74, 6) is 0.270. The van der Waals surface area contributed by atoms with E-state index in [1.807, 2.05) is 0 Å². The standard InChI is InChI=1S/C20H19F3N2O4/c1-13-11-19(27,20(21,22)23)25(24-13)18(26)15-5-3-14(4-6-15)12-29-17-9-7-16(28-2)8-10-17/h3-10,27H,11-12H2,1-2H3/t19-/m1/s1. The molecule has 29 heavy (non-hydrogen) atoms. The van der Waals surface area contributed by atoms with Gasteiger partial charge in [-0.25, -0.2) is 0 Å². The fourth-order valence-electron chi connectivity index (χ4n) is 2.86. The number of rotatable bonds is 5. The summed E-state index contributed by atoms with van der Waals surface area (Å²) in [4.78, 5) is 12.5. The first-order valence-electron chi connectivity index (χ1n) is 8.67. The van der Waals surface area contributed by atoms with Gasteiger partial charge in [-0.05, 0) is 48.9 Å². The minimum Gasteiger partial charge on any atom is -0.497 e. The van der Waals surface area contributed by atoms with Gasteiger partial charge in [0.1, 0.15) is 18.1 Å². The number of aliphatic hydroxyl groups is 1. The minimum atomic E-state index is -5.03. The molecule has 0 spiro atoms. The maximum absolute atomic E-state index is 13.3. The van der Waals surface area contributed by atoms with Crippen molar-refractivity contribution in [2.75, 3.05) is 7.11 Å². The summed E-state index contributed by atoms with van der Waals surface area (Å²) in [6.07, 6.45) is -5.81. The SMILES string of the molecule is COc1ccc(OCc2ccc(C(=O)N3N=C(C)C[C@@]3(O)C(F)(F)F)cc2)cc1. The Bertz CT molecular complexity index is 911. The Morgan fingerprint density at radius 2 is 1.72 bits per heavy atom. The third kappa shape index (κ3) is 4.19. The summed E-state index contributed by atoms with van der Waals surface area (Å²) in [5, 5.41) is 13.7. The quantitative estimate of drug-likeness (QED) is 0.818. The van der Waals surface area contributed by atoms with Gasteiger partial charge in [-0.3, -0.25) is 4.79 Å². The lowest BCUT2D eigenvalue weighted by atomic mass is 10.1. The summed E-state index contributed by atoms with van der Waals surface area (Å²) in [6, 6.07) is 12.8. The average Bonchev–Trinajstić information content (AvgIpc) is 3.02. The number of alkyl halides is 3. The van der Waals surface area contributed by atoms with E-state index >= 15 is 0 Å². The molecule has 0 fully saturated rings. The monoisotopic (exact) mass is 408 g/mol. The molecule has 1 aliphatic heterocycles. The maximum Gasteiger partial charge on any atom is 0.438 e. The van der Waals surface area contributed by atoms with Gasteiger partial charge >= 0.3 is 6.18 Å². The fourth-order valence-corrected chi connectivity index (χ4v) is 2.86. The summed E-state index contributed by atoms with van der Waals surface area (Å²) >= 11 is 0. The van der Waals surface area contributed by atoms with Crippen LogP contribution in [0.4, 0.5) is 13.2 Å². The number of hydrazone groups is 1. The van der Waals surface area contributed by atoms with E-state index in [4.69, 9.17) is 9.47 Å². The Morgan fingerprint density at radius 3 is 2.28 bits per heavy atom. The van der Waals surface area contributed by atoms with Crippen LogP contribution in [0.2, 0.25) is 0 Å². The van der Waals surface area contributed by atoms with Crippen LogP contribution in [0.1, 0.15) is 29.3 Å². The van der Waals surface area contributed by atoms with E-state index in [0.717, 1.165) is 0 Å². The first kappa shape index (κ1) is 20.7. The highest BCUT2D eigenvalue weighted by molar-refractivity contribution is 5.97. The van der Waals surface area contributed by atoms with Crippen LogP contribution in [0.3, 0.4) is 0 Å². The normalized spacial score (nSPS) is 19.1. The zero-order valence-corrected chi connectivity index (χ0v) is 15.7. The van der Waals surface area contributed by atoms with Gasteiger partial charge in [0, 0.05) is 17.7 Å². The van der Waals surface area contributed by atoms with E-state index in [1.54, 1.807) is 43.5 Å². The molecule has 0 saturated carbocycles. The van der Waals surface area contributed by atoms with Crippen molar-refractivity contribution in [3.8, 4) is 11.5 Å². The lowest BCUT2D eigenvalue weighted by Crippen LogP contribution is -2.56. The molecule has 2 aromatic carbocycles. The smallest absolute Gasteiger partial charge is 0.438 e. The van der Waals surface area contributed by atoms with Crippen LogP contribution in [-0.4, -0.2) is 40.7 Å². The van der Waals surface area contributed by atoms with Crippen molar-refractivity contribution >= 4 is 11.6 Å². The second-order valence-electron chi connectivity index (χ2n) is 6.60. The van der Waals surface area contributed by atoms with Crippen LogP contribution in [0.5, 0.6) is 11.5 Å². The van der Waals surface area contributed by atoms with Crippen molar-refractivity contribution in [3.05, 3.63) is 59.7 Å². The van der Waals surface area contributed by atoms with Crippen LogP contribution in [-0.2, 0) is 6.61 Å². The van der Waals surface area contributed by atoms with Crippen LogP contribution in [0.25, 0.3) is 0 Å². The predicted octanol–water partition coefficient (Wildman–Crippen LogP) is 3.75. The van der Waals surface area contributed by atoms with Gasteiger partial charge in [0.15, 0.2) is 0 Å². The van der Waals surface area contributed by atoms with E-state index in [1.165, 1.54) is 19.1 Å². The van der Waals surface area contributed by atoms with Gasteiger partial charge in [-0.1, -0.05) is 12.1 Å². The molecule has 0 aromatic heterocycles. The number of amides is 1. The highest BCUT2D eigenvalue weighted by Gasteiger charge is 2.62. The molecular weight excluding hydrogens is 389 g/mol. The summed E-state index contributed by atoms with van der Waals surface area (Å²) in [5.41, 5.74) is -2.64. The first-order valence-corrected chi connectivity index (χ1v) is 8.67. The van der Waals surface area contributed by atoms with Gasteiger partial charge in [-0.15, -0.1) is 0 Å². The van der Waals surface area contributed by atoms with Crippen LogP contribution in [0.15, 0.2) is 53.6 Å². The molecule has 3 rings (SSSR count). The number of hydrogen-bond acceptors (Lipinski definition) is 5. The molecule has 1 amide bonds. The molecule has 9 heteroatoms. The molecule has 0 saturated heterocycles. The number of nitrogens with zero attached hydrogens (tertiary/aromatic N) is 2. The van der Waals surface area contributed by atoms with Crippen molar-refractivity contribution in [1.29, 1.82) is 0 Å². The number of carbonyl (C=O) groups is 1. The van der Waals surface area contributed by atoms with Gasteiger partial charge < -0.3 is 14.6 Å². The van der Waals surface area contributed by atoms with Crippen molar-refractivity contribution in [2.24, 2.45) is 5.10 Å². The number of ether oxygens (including phenoxy) is 2. The first-order chi connectivity index (χ1) is 13.6. The molecule has 1 N–H and O–H groups in total. The lowest BCUT2D eigenvalue weighted by molar-refractivity contribution is -0.297. The number of hydrogen-bond donors (Lipinski definition) is 1. The summed E-state index contributed by atoms with van der Waals surface area (Å²) in [6.45, 7) is 1.53. The molecule has 0 unspecified atom stereocenters. The molecule has 1 aliphatic rings. The number of carbonyl (C=O) groups excluding carboxylic acids is 1. The van der Waals surface area contributed by atoms with Crippen LogP contribution < -0.4 is 9.47 Å². The van der Waals surface area contributed by atoms with Crippen molar-refractivity contribution in [1.82, 2.24) is 5.01 Å². The lowest BCUT2D eigenvalue weighted by Gasteiger charge is -2.32. The predicted molar refractivity (Wildman–Crippen MR) is 98.7 cm³/mol. The molecule has 0 radical (unpaired) electrons. The second kappa shape index (κ2) is 7.75. The Kier molecular flexibility index (Phi) is 5.52. The largest absolute Gasteiger partial charge is 0.497 e. The maximum atomic E-state index is 13.3. The van der Waals surface area contributed by atoms with E-state index in [-0.39, 0.29) is 22.9 Å². The summed E-state index contributed by atoms with van der Waals surface area (Å²) < 4.78 is 50.5. The fraction of sp³-hybridized carbons (Fsp3) is 0.300. The molecular formula is C20H19F3N2O4. The number of halogens is 3. The van der Waals surface area contributed by atoms with Crippen LogP contribution >= 0.6 is 0 Å². The Morgan fingerprint density at radius 1 is 1.14 bits per heavy atom. The van der Waals surface area contributed by atoms with Crippen molar-refractivity contribution in [3.63, 3.8) is 0 Å². The molecule has 1 heterocycles. The summed E-state index contributed by atoms with van der Waals surface area (Å²) in [7, 11) is 1.56. The third-order valence-electron chi connectivity index (χ3n) is 4.44. The van der Waals surface area contributed by atoms with Crippen LogP contribution in [0, 0.1) is 0 Å². The van der Waals surface area contributed by atoms with E-state index < -0.39 is 24.2 Å². The molecule has 1 atom stereocenters.